The number of aldehydes is 1. The third-order valence-corrected chi connectivity index (χ3v) is 4.49. The van der Waals surface area contributed by atoms with Crippen LogP contribution in [0, 0.1) is 6.92 Å². The van der Waals surface area contributed by atoms with E-state index in [4.69, 9.17) is 0 Å². The molecule has 3 aromatic rings. The Kier molecular flexibility index (Phi) is 4.61. The van der Waals surface area contributed by atoms with Gasteiger partial charge in [0.05, 0.1) is 11.6 Å². The lowest BCUT2D eigenvalue weighted by Crippen LogP contribution is -2.13. The maximum Gasteiger partial charge on any atom is 0.195 e. The molecule has 1 unspecified atom stereocenters. The molecule has 3 heteroatoms. The molecule has 0 radical (unpaired) electrons. The van der Waals surface area contributed by atoms with Crippen LogP contribution in [0.1, 0.15) is 47.4 Å². The van der Waals surface area contributed by atoms with Crippen molar-refractivity contribution < 1.29 is 9.59 Å². The fraction of sp³-hybridized carbons (Fsp3) is 0.238. The van der Waals surface area contributed by atoms with Gasteiger partial charge in [0, 0.05) is 22.2 Å². The van der Waals surface area contributed by atoms with E-state index < -0.39 is 0 Å². The molecule has 2 aromatic carbocycles. The SMILES string of the molecule is CCCC(C=O)n1c(C)c(C(=O)c2ccccc2)c2ccccc21. The van der Waals surface area contributed by atoms with E-state index in [1.165, 1.54) is 0 Å². The van der Waals surface area contributed by atoms with E-state index in [2.05, 4.69) is 6.92 Å². The molecule has 0 aliphatic heterocycles. The molecule has 1 heterocycles. The van der Waals surface area contributed by atoms with Gasteiger partial charge in [0.2, 0.25) is 0 Å². The number of aromatic nitrogens is 1. The first kappa shape index (κ1) is 16.2. The molecular formula is C21H21NO2. The highest BCUT2D eigenvalue weighted by Gasteiger charge is 2.24. The number of hydrogen-bond donors (Lipinski definition) is 0. The number of para-hydroxylation sites is 1. The largest absolute Gasteiger partial charge is 0.334 e. The van der Waals surface area contributed by atoms with Crippen molar-refractivity contribution in [1.29, 1.82) is 0 Å². The molecule has 122 valence electrons. The van der Waals surface area contributed by atoms with Crippen LogP contribution in [0.15, 0.2) is 54.6 Å². The van der Waals surface area contributed by atoms with Crippen LogP contribution in [-0.2, 0) is 4.79 Å². The highest BCUT2D eigenvalue weighted by atomic mass is 16.1. The molecule has 0 N–H and O–H groups in total. The van der Waals surface area contributed by atoms with Gasteiger partial charge in [-0.3, -0.25) is 4.79 Å². The normalized spacial score (nSPS) is 12.2. The summed E-state index contributed by atoms with van der Waals surface area (Å²) in [4.78, 5) is 24.7. The summed E-state index contributed by atoms with van der Waals surface area (Å²) in [7, 11) is 0. The molecule has 0 saturated heterocycles. The Balaban J connectivity index is 2.24. The molecule has 0 aliphatic carbocycles. The zero-order valence-corrected chi connectivity index (χ0v) is 14.0. The van der Waals surface area contributed by atoms with E-state index in [0.717, 1.165) is 35.7 Å². The molecule has 0 bridgehead atoms. The van der Waals surface area contributed by atoms with Crippen LogP contribution in [0.2, 0.25) is 0 Å². The minimum Gasteiger partial charge on any atom is -0.334 e. The van der Waals surface area contributed by atoms with Crippen LogP contribution in [0.4, 0.5) is 0 Å². The van der Waals surface area contributed by atoms with E-state index in [0.29, 0.717) is 11.1 Å². The van der Waals surface area contributed by atoms with Gasteiger partial charge in [-0.2, -0.15) is 0 Å². The van der Waals surface area contributed by atoms with Gasteiger partial charge in [-0.05, 0) is 19.4 Å². The van der Waals surface area contributed by atoms with Crippen LogP contribution >= 0.6 is 0 Å². The van der Waals surface area contributed by atoms with E-state index in [-0.39, 0.29) is 11.8 Å². The number of fused-ring (bicyclic) bond motifs is 1. The van der Waals surface area contributed by atoms with E-state index in [1.807, 2.05) is 66.1 Å². The number of carbonyl (C=O) groups is 2. The van der Waals surface area contributed by atoms with Gasteiger partial charge in [0.25, 0.3) is 0 Å². The lowest BCUT2D eigenvalue weighted by molar-refractivity contribution is -0.110. The smallest absolute Gasteiger partial charge is 0.195 e. The maximum atomic E-state index is 13.1. The van der Waals surface area contributed by atoms with Crippen molar-refractivity contribution in [2.24, 2.45) is 0 Å². The van der Waals surface area contributed by atoms with Crippen LogP contribution in [0.5, 0.6) is 0 Å². The summed E-state index contributed by atoms with van der Waals surface area (Å²) in [5, 5.41) is 0.909. The first-order valence-corrected chi connectivity index (χ1v) is 8.33. The molecule has 24 heavy (non-hydrogen) atoms. The zero-order chi connectivity index (χ0) is 17.1. The first-order chi connectivity index (χ1) is 11.7. The van der Waals surface area contributed by atoms with Gasteiger partial charge in [-0.25, -0.2) is 0 Å². The number of carbonyl (C=O) groups excluding carboxylic acids is 2. The molecule has 0 fully saturated rings. The number of ketones is 1. The Morgan fingerprint density at radius 2 is 1.75 bits per heavy atom. The summed E-state index contributed by atoms with van der Waals surface area (Å²) in [5.74, 6) is 0.00389. The summed E-state index contributed by atoms with van der Waals surface area (Å²) < 4.78 is 2.02. The Morgan fingerprint density at radius 3 is 2.42 bits per heavy atom. The molecule has 0 aliphatic rings. The third-order valence-electron chi connectivity index (χ3n) is 4.49. The second kappa shape index (κ2) is 6.83. The summed E-state index contributed by atoms with van der Waals surface area (Å²) in [6.45, 7) is 4.00. The highest BCUT2D eigenvalue weighted by Crippen LogP contribution is 2.31. The van der Waals surface area contributed by atoms with Crippen molar-refractivity contribution in [2.45, 2.75) is 32.7 Å². The lowest BCUT2D eigenvalue weighted by atomic mass is 10.0. The van der Waals surface area contributed by atoms with Crippen LogP contribution < -0.4 is 0 Å². The first-order valence-electron chi connectivity index (χ1n) is 8.33. The van der Waals surface area contributed by atoms with Crippen molar-refractivity contribution in [3.05, 3.63) is 71.4 Å². The Morgan fingerprint density at radius 1 is 1.08 bits per heavy atom. The second-order valence-corrected chi connectivity index (χ2v) is 6.03. The van der Waals surface area contributed by atoms with E-state index in [9.17, 15) is 9.59 Å². The Bertz CT molecular complexity index is 877. The minimum atomic E-state index is -0.239. The quantitative estimate of drug-likeness (QED) is 0.487. The Labute approximate surface area is 141 Å². The highest BCUT2D eigenvalue weighted by molar-refractivity contribution is 6.17. The monoisotopic (exact) mass is 319 g/mol. The van der Waals surface area contributed by atoms with Gasteiger partial charge in [-0.1, -0.05) is 61.9 Å². The number of rotatable bonds is 6. The van der Waals surface area contributed by atoms with E-state index in [1.54, 1.807) is 0 Å². The molecule has 0 amide bonds. The predicted molar refractivity (Wildman–Crippen MR) is 96.6 cm³/mol. The third kappa shape index (κ3) is 2.67. The average Bonchev–Trinajstić information content (AvgIpc) is 2.92. The summed E-state index contributed by atoms with van der Waals surface area (Å²) in [5.41, 5.74) is 3.16. The van der Waals surface area contributed by atoms with Crippen molar-refractivity contribution in [1.82, 2.24) is 4.57 Å². The summed E-state index contributed by atoms with van der Waals surface area (Å²) in [6, 6.07) is 16.9. The molecule has 0 saturated carbocycles. The fourth-order valence-corrected chi connectivity index (χ4v) is 3.39. The van der Waals surface area contributed by atoms with E-state index >= 15 is 0 Å². The molecule has 3 nitrogen and oxygen atoms in total. The topological polar surface area (TPSA) is 39.1 Å². The van der Waals surface area contributed by atoms with Crippen LogP contribution in [0.25, 0.3) is 10.9 Å². The van der Waals surface area contributed by atoms with Crippen LogP contribution in [0.3, 0.4) is 0 Å². The number of benzene rings is 2. The standard InChI is InChI=1S/C21H21NO2/c1-3-9-17(14-23)22-15(2)20(18-12-7-8-13-19(18)22)21(24)16-10-5-4-6-11-16/h4-8,10-14,17H,3,9H2,1-2H3. The van der Waals surface area contributed by atoms with Crippen molar-refractivity contribution >= 4 is 23.0 Å². The maximum absolute atomic E-state index is 13.1. The second-order valence-electron chi connectivity index (χ2n) is 6.03. The predicted octanol–water partition coefficient (Wildman–Crippen LogP) is 4.72. The molecule has 0 spiro atoms. The van der Waals surface area contributed by atoms with Gasteiger partial charge in [0.1, 0.15) is 6.29 Å². The zero-order valence-electron chi connectivity index (χ0n) is 14.0. The average molecular weight is 319 g/mol. The summed E-state index contributed by atoms with van der Waals surface area (Å²) in [6.07, 6.45) is 2.67. The number of nitrogens with zero attached hydrogens (tertiary/aromatic N) is 1. The fourth-order valence-electron chi connectivity index (χ4n) is 3.39. The van der Waals surface area contributed by atoms with Gasteiger partial charge in [0.15, 0.2) is 5.78 Å². The number of hydrogen-bond acceptors (Lipinski definition) is 2. The molecule has 3 rings (SSSR count). The molecule has 1 atom stereocenters. The van der Waals surface area contributed by atoms with Gasteiger partial charge in [-0.15, -0.1) is 0 Å². The lowest BCUT2D eigenvalue weighted by Gasteiger charge is -2.15. The van der Waals surface area contributed by atoms with Crippen molar-refractivity contribution in [2.75, 3.05) is 0 Å². The van der Waals surface area contributed by atoms with Gasteiger partial charge >= 0.3 is 0 Å². The molecular weight excluding hydrogens is 298 g/mol. The summed E-state index contributed by atoms with van der Waals surface area (Å²) >= 11 is 0. The van der Waals surface area contributed by atoms with Crippen molar-refractivity contribution in [3.63, 3.8) is 0 Å². The molecule has 1 aromatic heterocycles. The van der Waals surface area contributed by atoms with Gasteiger partial charge < -0.3 is 9.36 Å². The minimum absolute atomic E-state index is 0.00389. The Hall–Kier alpha value is -2.68. The van der Waals surface area contributed by atoms with Crippen molar-refractivity contribution in [3.8, 4) is 0 Å². The van der Waals surface area contributed by atoms with Crippen LogP contribution in [-0.4, -0.2) is 16.6 Å².